The van der Waals surface area contributed by atoms with Gasteiger partial charge in [-0.2, -0.15) is 0 Å². The second-order valence-corrected chi connectivity index (χ2v) is 5.40. The first kappa shape index (κ1) is 12.3. The molecular formula is C11H21NO3. The Balaban J connectivity index is 2.83. The Kier molecular flexibility index (Phi) is 3.28. The molecule has 3 N–H and O–H groups in total. The summed E-state index contributed by atoms with van der Waals surface area (Å²) in [5.74, 6) is 0. The Morgan fingerprint density at radius 3 is 2.20 bits per heavy atom. The van der Waals surface area contributed by atoms with Gasteiger partial charge in [-0.1, -0.05) is 20.8 Å². The molecule has 0 heterocycles. The minimum Gasteiger partial charge on any atom is -0.443 e. The highest BCUT2D eigenvalue weighted by atomic mass is 16.6. The summed E-state index contributed by atoms with van der Waals surface area (Å²) in [7, 11) is 0. The molecule has 1 amide bonds. The number of amides is 1. The molecule has 4 nitrogen and oxygen atoms in total. The van der Waals surface area contributed by atoms with Gasteiger partial charge in [0.25, 0.3) is 0 Å². The molecule has 0 aromatic carbocycles. The number of hydrogen-bond acceptors (Lipinski definition) is 3. The van der Waals surface area contributed by atoms with E-state index in [0.29, 0.717) is 25.7 Å². The van der Waals surface area contributed by atoms with Gasteiger partial charge in [0.2, 0.25) is 0 Å². The summed E-state index contributed by atoms with van der Waals surface area (Å²) in [6.45, 7) is 6.11. The lowest BCUT2D eigenvalue weighted by molar-refractivity contribution is -0.106. The lowest BCUT2D eigenvalue weighted by atomic mass is 9.67. The SMILES string of the molecule is CC(C)(C)[C@]1(OC(N)=O)CC[C@@H](O)CC1. The Bertz CT molecular complexity index is 237. The van der Waals surface area contributed by atoms with E-state index in [9.17, 15) is 9.90 Å². The highest BCUT2D eigenvalue weighted by Crippen LogP contribution is 2.44. The molecule has 1 fully saturated rings. The van der Waals surface area contributed by atoms with Crippen molar-refractivity contribution in [3.8, 4) is 0 Å². The zero-order valence-corrected chi connectivity index (χ0v) is 9.75. The molecule has 0 aliphatic heterocycles. The van der Waals surface area contributed by atoms with Crippen LogP contribution in [0.25, 0.3) is 0 Å². The normalized spacial score (nSPS) is 32.4. The van der Waals surface area contributed by atoms with Crippen LogP contribution in [-0.4, -0.2) is 22.9 Å². The van der Waals surface area contributed by atoms with Crippen LogP contribution in [0.15, 0.2) is 0 Å². The number of hydrogen-bond donors (Lipinski definition) is 2. The van der Waals surface area contributed by atoms with Crippen molar-refractivity contribution in [2.75, 3.05) is 0 Å². The van der Waals surface area contributed by atoms with Crippen molar-refractivity contribution < 1.29 is 14.6 Å². The Morgan fingerprint density at radius 1 is 1.40 bits per heavy atom. The summed E-state index contributed by atoms with van der Waals surface area (Å²) in [6.07, 6.45) is 1.72. The molecule has 1 aliphatic carbocycles. The van der Waals surface area contributed by atoms with Gasteiger partial charge in [0.1, 0.15) is 5.60 Å². The number of primary amides is 1. The average Bonchev–Trinajstić information content (AvgIpc) is 2.06. The number of aliphatic hydroxyl groups excluding tert-OH is 1. The lowest BCUT2D eigenvalue weighted by Gasteiger charge is -2.46. The predicted octanol–water partition coefficient (Wildman–Crippen LogP) is 1.80. The van der Waals surface area contributed by atoms with Crippen molar-refractivity contribution in [2.24, 2.45) is 11.1 Å². The first-order valence-electron chi connectivity index (χ1n) is 5.43. The van der Waals surface area contributed by atoms with Gasteiger partial charge in [-0.25, -0.2) is 4.79 Å². The van der Waals surface area contributed by atoms with Crippen LogP contribution in [-0.2, 0) is 4.74 Å². The third-order valence-electron chi connectivity index (χ3n) is 3.43. The number of carbonyl (C=O) groups excluding carboxylic acids is 1. The van der Waals surface area contributed by atoms with Crippen molar-refractivity contribution in [1.29, 1.82) is 0 Å². The molecule has 0 aromatic rings. The fraction of sp³-hybridized carbons (Fsp3) is 0.909. The minimum absolute atomic E-state index is 0.151. The number of ether oxygens (including phenoxy) is 1. The standard InChI is InChI=1S/C11H21NO3/c1-10(2,3)11(15-9(12)14)6-4-8(13)5-7-11/h8,13H,4-7H2,1-3H3,(H2,12,14)/t8-,11+. The van der Waals surface area contributed by atoms with Crippen LogP contribution in [0.2, 0.25) is 0 Å². The van der Waals surface area contributed by atoms with Crippen LogP contribution in [0.5, 0.6) is 0 Å². The first-order valence-corrected chi connectivity index (χ1v) is 5.43. The van der Waals surface area contributed by atoms with Crippen LogP contribution in [0.4, 0.5) is 4.79 Å². The summed E-state index contributed by atoms with van der Waals surface area (Å²) >= 11 is 0. The molecule has 4 heteroatoms. The van der Waals surface area contributed by atoms with E-state index in [4.69, 9.17) is 10.5 Å². The number of nitrogens with two attached hydrogens (primary N) is 1. The number of carbonyl (C=O) groups is 1. The van der Waals surface area contributed by atoms with Gasteiger partial charge in [0.05, 0.1) is 6.10 Å². The third kappa shape index (κ3) is 2.62. The number of aliphatic hydroxyl groups is 1. The second-order valence-electron chi connectivity index (χ2n) is 5.40. The summed E-state index contributed by atoms with van der Waals surface area (Å²) < 4.78 is 5.32. The van der Waals surface area contributed by atoms with Gasteiger partial charge in [-0.15, -0.1) is 0 Å². The number of rotatable bonds is 1. The highest BCUT2D eigenvalue weighted by molar-refractivity contribution is 5.65. The van der Waals surface area contributed by atoms with E-state index in [0.717, 1.165) is 0 Å². The smallest absolute Gasteiger partial charge is 0.405 e. The molecule has 0 saturated heterocycles. The summed E-state index contributed by atoms with van der Waals surface area (Å²) in [5, 5.41) is 9.47. The van der Waals surface area contributed by atoms with Gasteiger partial charge >= 0.3 is 6.09 Å². The van der Waals surface area contributed by atoms with Gasteiger partial charge in [0.15, 0.2) is 0 Å². The summed E-state index contributed by atoms with van der Waals surface area (Å²) in [5.41, 5.74) is 4.45. The average molecular weight is 215 g/mol. The van der Waals surface area contributed by atoms with E-state index in [-0.39, 0.29) is 11.5 Å². The highest BCUT2D eigenvalue weighted by Gasteiger charge is 2.47. The van der Waals surface area contributed by atoms with Crippen LogP contribution in [0.1, 0.15) is 46.5 Å². The predicted molar refractivity (Wildman–Crippen MR) is 57.3 cm³/mol. The fourth-order valence-electron chi connectivity index (χ4n) is 2.27. The molecule has 0 aromatic heterocycles. The zero-order valence-electron chi connectivity index (χ0n) is 9.75. The molecule has 1 rings (SSSR count). The molecule has 0 radical (unpaired) electrons. The van der Waals surface area contributed by atoms with Crippen LogP contribution < -0.4 is 5.73 Å². The molecule has 0 bridgehead atoms. The fourth-order valence-corrected chi connectivity index (χ4v) is 2.27. The Morgan fingerprint density at radius 2 is 1.87 bits per heavy atom. The van der Waals surface area contributed by atoms with Crippen LogP contribution in [0, 0.1) is 5.41 Å². The maximum atomic E-state index is 10.9. The third-order valence-corrected chi connectivity index (χ3v) is 3.43. The molecule has 0 spiro atoms. The minimum atomic E-state index is -0.721. The van der Waals surface area contributed by atoms with E-state index < -0.39 is 11.7 Å². The molecule has 1 saturated carbocycles. The quantitative estimate of drug-likeness (QED) is 0.700. The van der Waals surface area contributed by atoms with E-state index in [1.54, 1.807) is 0 Å². The Labute approximate surface area is 90.8 Å². The zero-order chi connectivity index (χ0) is 11.7. The summed E-state index contributed by atoms with van der Waals surface area (Å²) in [4.78, 5) is 10.9. The molecule has 0 atom stereocenters. The maximum absolute atomic E-state index is 10.9. The van der Waals surface area contributed by atoms with E-state index in [2.05, 4.69) is 0 Å². The molecule has 0 unspecified atom stereocenters. The Hall–Kier alpha value is -0.770. The lowest BCUT2D eigenvalue weighted by Crippen LogP contribution is -2.51. The van der Waals surface area contributed by atoms with Crippen molar-refractivity contribution in [2.45, 2.75) is 58.2 Å². The van der Waals surface area contributed by atoms with E-state index in [1.165, 1.54) is 0 Å². The van der Waals surface area contributed by atoms with Crippen LogP contribution in [0.3, 0.4) is 0 Å². The van der Waals surface area contributed by atoms with E-state index in [1.807, 2.05) is 20.8 Å². The van der Waals surface area contributed by atoms with Gasteiger partial charge in [-0.05, 0) is 25.7 Å². The largest absolute Gasteiger partial charge is 0.443 e. The van der Waals surface area contributed by atoms with Gasteiger partial charge < -0.3 is 15.6 Å². The molecular weight excluding hydrogens is 194 g/mol. The molecule has 88 valence electrons. The molecule has 15 heavy (non-hydrogen) atoms. The maximum Gasteiger partial charge on any atom is 0.405 e. The van der Waals surface area contributed by atoms with Crippen molar-refractivity contribution in [3.05, 3.63) is 0 Å². The van der Waals surface area contributed by atoms with Gasteiger partial charge in [0, 0.05) is 5.41 Å². The van der Waals surface area contributed by atoms with Crippen molar-refractivity contribution in [1.82, 2.24) is 0 Å². The molecule has 1 aliphatic rings. The topological polar surface area (TPSA) is 72.5 Å². The van der Waals surface area contributed by atoms with Crippen molar-refractivity contribution in [3.63, 3.8) is 0 Å². The first-order chi connectivity index (χ1) is 6.77. The van der Waals surface area contributed by atoms with Crippen LogP contribution >= 0.6 is 0 Å². The van der Waals surface area contributed by atoms with E-state index >= 15 is 0 Å². The van der Waals surface area contributed by atoms with Gasteiger partial charge in [-0.3, -0.25) is 0 Å². The summed E-state index contributed by atoms with van der Waals surface area (Å²) in [6, 6.07) is 0. The second kappa shape index (κ2) is 4.00. The van der Waals surface area contributed by atoms with Crippen molar-refractivity contribution >= 4 is 6.09 Å². The monoisotopic (exact) mass is 215 g/mol.